The number of benzene rings is 1. The van der Waals surface area contributed by atoms with Crippen LogP contribution < -0.4 is 11.0 Å². The van der Waals surface area contributed by atoms with Gasteiger partial charge in [-0.25, -0.2) is 0 Å². The maximum absolute atomic E-state index is 13.6. The second kappa shape index (κ2) is 9.82. The van der Waals surface area contributed by atoms with Crippen LogP contribution in [0.4, 0.5) is 0 Å². The molecule has 0 aliphatic heterocycles. The third kappa shape index (κ3) is 4.75. The fourth-order valence-electron chi connectivity index (χ4n) is 3.74. The monoisotopic (exact) mass is 441 g/mol. The van der Waals surface area contributed by atoms with E-state index in [-0.39, 0.29) is 41.6 Å². The summed E-state index contributed by atoms with van der Waals surface area (Å²) in [4.78, 5) is 38.2. The summed E-state index contributed by atoms with van der Waals surface area (Å²) in [7, 11) is 2.67. The Hall–Kier alpha value is -3.39. The van der Waals surface area contributed by atoms with Gasteiger partial charge in [0.2, 0.25) is 11.2 Å². The van der Waals surface area contributed by atoms with Crippen LogP contribution in [0.5, 0.6) is 5.75 Å². The highest BCUT2D eigenvalue weighted by Gasteiger charge is 2.30. The molecule has 3 rings (SSSR count). The second-order valence-corrected chi connectivity index (χ2v) is 8.02. The molecule has 8 heteroatoms. The molecular weight excluding hydrogens is 414 g/mol. The van der Waals surface area contributed by atoms with Crippen molar-refractivity contribution in [3.63, 3.8) is 0 Å². The maximum atomic E-state index is 13.6. The number of hydrogen-bond donors (Lipinski definition) is 1. The van der Waals surface area contributed by atoms with Gasteiger partial charge in [0.15, 0.2) is 5.76 Å². The van der Waals surface area contributed by atoms with E-state index in [1.54, 1.807) is 10.6 Å². The average Bonchev–Trinajstić information content (AvgIpc) is 2.76. The summed E-state index contributed by atoms with van der Waals surface area (Å²) < 4.78 is 17.3. The van der Waals surface area contributed by atoms with Gasteiger partial charge in [0.05, 0.1) is 25.0 Å². The highest BCUT2D eigenvalue weighted by Crippen LogP contribution is 2.33. The lowest BCUT2D eigenvalue weighted by Gasteiger charge is -2.20. The van der Waals surface area contributed by atoms with Gasteiger partial charge in [0, 0.05) is 25.3 Å². The largest absolute Gasteiger partial charge is 0.502 e. The van der Waals surface area contributed by atoms with Crippen molar-refractivity contribution in [2.75, 3.05) is 14.2 Å². The number of ether oxygens (including phenoxy) is 2. The molecule has 0 amide bonds. The Morgan fingerprint density at radius 3 is 2.53 bits per heavy atom. The molecule has 8 nitrogen and oxygen atoms in total. The van der Waals surface area contributed by atoms with E-state index in [0.717, 1.165) is 17.0 Å². The molecule has 2 aromatic heterocycles. The molecule has 3 aromatic rings. The molecule has 1 N–H and O–H groups in total. The van der Waals surface area contributed by atoms with Crippen LogP contribution in [0.15, 0.2) is 50.4 Å². The molecule has 0 fully saturated rings. The number of rotatable bonds is 8. The van der Waals surface area contributed by atoms with E-state index < -0.39 is 23.1 Å². The van der Waals surface area contributed by atoms with Gasteiger partial charge in [-0.2, -0.15) is 0 Å². The van der Waals surface area contributed by atoms with Gasteiger partial charge < -0.3 is 23.6 Å². The minimum Gasteiger partial charge on any atom is -0.502 e. The molecule has 0 saturated carbocycles. The molecular formula is C24H27NO7. The number of methoxy groups -OCH3 is 2. The van der Waals surface area contributed by atoms with Gasteiger partial charge in [0.1, 0.15) is 12.4 Å². The zero-order chi connectivity index (χ0) is 23.4. The van der Waals surface area contributed by atoms with Gasteiger partial charge in [-0.15, -0.1) is 0 Å². The molecule has 1 atom stereocenters. The van der Waals surface area contributed by atoms with Crippen LogP contribution in [0.25, 0.3) is 10.9 Å². The van der Waals surface area contributed by atoms with Crippen molar-refractivity contribution in [3.8, 4) is 5.75 Å². The van der Waals surface area contributed by atoms with Crippen molar-refractivity contribution < 1.29 is 23.8 Å². The predicted octanol–water partition coefficient (Wildman–Crippen LogP) is 3.16. The molecule has 2 heterocycles. The number of fused-ring (bicyclic) bond motifs is 1. The fourth-order valence-corrected chi connectivity index (χ4v) is 3.74. The molecule has 0 aliphatic rings. The summed E-state index contributed by atoms with van der Waals surface area (Å²) in [5.41, 5.74) is -0.0321. The molecule has 0 radical (unpaired) electrons. The molecule has 0 aliphatic carbocycles. The first-order valence-corrected chi connectivity index (χ1v) is 10.3. The van der Waals surface area contributed by atoms with Gasteiger partial charge in [-0.05, 0) is 23.4 Å². The zero-order valence-electron chi connectivity index (χ0n) is 18.6. The second-order valence-electron chi connectivity index (χ2n) is 8.02. The van der Waals surface area contributed by atoms with Crippen molar-refractivity contribution in [3.05, 3.63) is 74.1 Å². The summed E-state index contributed by atoms with van der Waals surface area (Å²) >= 11 is 0. The summed E-state index contributed by atoms with van der Waals surface area (Å²) in [5.74, 6) is -2.11. The van der Waals surface area contributed by atoms with E-state index >= 15 is 0 Å². The Bertz CT molecular complexity index is 1240. The SMILES string of the molecule is COCc1cc(=O)c(O)c([C@H](CC(=O)OC)c2cc3ccccc3n(CC(C)C)c2=O)o1. The fraction of sp³-hybridized carbons (Fsp3) is 0.375. The number of para-hydroxylation sites is 1. The molecule has 0 bridgehead atoms. The number of carbonyl (C=O) groups is 1. The number of hydrogen-bond acceptors (Lipinski definition) is 7. The van der Waals surface area contributed by atoms with E-state index in [1.807, 2.05) is 38.1 Å². The minimum atomic E-state index is -1.03. The summed E-state index contributed by atoms with van der Waals surface area (Å²) in [6.45, 7) is 4.44. The maximum Gasteiger partial charge on any atom is 0.306 e. The smallest absolute Gasteiger partial charge is 0.306 e. The molecule has 0 unspecified atom stereocenters. The first kappa shape index (κ1) is 23.3. The van der Waals surface area contributed by atoms with Crippen LogP contribution in [-0.2, 0) is 27.4 Å². The number of aromatic hydroxyl groups is 1. The molecule has 1 aromatic carbocycles. The predicted molar refractivity (Wildman–Crippen MR) is 119 cm³/mol. The molecule has 0 saturated heterocycles. The van der Waals surface area contributed by atoms with Crippen molar-refractivity contribution in [2.24, 2.45) is 5.92 Å². The summed E-state index contributed by atoms with van der Waals surface area (Å²) in [5, 5.41) is 11.3. The molecule has 170 valence electrons. The van der Waals surface area contributed by atoms with Crippen molar-refractivity contribution in [2.45, 2.75) is 39.3 Å². The Morgan fingerprint density at radius 2 is 1.88 bits per heavy atom. The topological polar surface area (TPSA) is 108 Å². The van der Waals surface area contributed by atoms with Gasteiger partial charge in [-0.1, -0.05) is 32.0 Å². The standard InChI is InChI=1S/C24H27NO7/c1-14(2)12-25-19-8-6-5-7-15(19)9-18(24(25)29)17(11-21(27)31-4)23-22(28)20(26)10-16(32-23)13-30-3/h5-10,14,17,28H,11-13H2,1-4H3/t17-/m1/s1. The third-order valence-electron chi connectivity index (χ3n) is 5.16. The normalized spacial score (nSPS) is 12.3. The third-order valence-corrected chi connectivity index (χ3v) is 5.16. The summed E-state index contributed by atoms with van der Waals surface area (Å²) in [6, 6.07) is 10.2. The van der Waals surface area contributed by atoms with Crippen LogP contribution in [0.3, 0.4) is 0 Å². The van der Waals surface area contributed by atoms with Crippen LogP contribution in [0.1, 0.15) is 43.3 Å². The quantitative estimate of drug-likeness (QED) is 0.535. The zero-order valence-corrected chi connectivity index (χ0v) is 18.6. The van der Waals surface area contributed by atoms with Crippen LogP contribution in [-0.4, -0.2) is 29.9 Å². The average molecular weight is 441 g/mol. The minimum absolute atomic E-state index is 0.0111. The first-order valence-electron chi connectivity index (χ1n) is 10.3. The Labute approximate surface area is 185 Å². The number of aromatic nitrogens is 1. The van der Waals surface area contributed by atoms with Gasteiger partial charge in [-0.3, -0.25) is 14.4 Å². The molecule has 32 heavy (non-hydrogen) atoms. The van der Waals surface area contributed by atoms with Crippen LogP contribution in [0, 0.1) is 5.92 Å². The van der Waals surface area contributed by atoms with Gasteiger partial charge in [0.25, 0.3) is 5.56 Å². The Balaban J connectivity index is 2.33. The number of carbonyl (C=O) groups excluding carboxylic acids is 1. The van der Waals surface area contributed by atoms with E-state index in [4.69, 9.17) is 13.9 Å². The van der Waals surface area contributed by atoms with Gasteiger partial charge >= 0.3 is 5.97 Å². The van der Waals surface area contributed by atoms with Crippen LogP contribution in [0.2, 0.25) is 0 Å². The number of esters is 1. The highest BCUT2D eigenvalue weighted by atomic mass is 16.5. The van der Waals surface area contributed by atoms with E-state index in [2.05, 4.69) is 0 Å². The molecule has 0 spiro atoms. The van der Waals surface area contributed by atoms with Crippen molar-refractivity contribution >= 4 is 16.9 Å². The lowest BCUT2D eigenvalue weighted by Crippen LogP contribution is -2.29. The van der Waals surface area contributed by atoms with Crippen molar-refractivity contribution in [1.82, 2.24) is 4.57 Å². The summed E-state index contributed by atoms with van der Waals surface area (Å²) in [6.07, 6.45) is -0.293. The van der Waals surface area contributed by atoms with E-state index in [1.165, 1.54) is 14.2 Å². The van der Waals surface area contributed by atoms with E-state index in [9.17, 15) is 19.5 Å². The Morgan fingerprint density at radius 1 is 1.16 bits per heavy atom. The van der Waals surface area contributed by atoms with Crippen LogP contribution >= 0.6 is 0 Å². The lowest BCUT2D eigenvalue weighted by molar-refractivity contribution is -0.140. The Kier molecular flexibility index (Phi) is 7.15. The lowest BCUT2D eigenvalue weighted by atomic mass is 9.91. The highest BCUT2D eigenvalue weighted by molar-refractivity contribution is 5.80. The number of nitrogens with zero attached hydrogens (tertiary/aromatic N) is 1. The number of pyridine rings is 1. The van der Waals surface area contributed by atoms with E-state index in [0.29, 0.717) is 6.54 Å². The van der Waals surface area contributed by atoms with Crippen molar-refractivity contribution in [1.29, 1.82) is 0 Å². The first-order chi connectivity index (χ1) is 15.3.